The summed E-state index contributed by atoms with van der Waals surface area (Å²) in [5.74, 6) is -1.23. The molecule has 0 spiro atoms. The van der Waals surface area contributed by atoms with Crippen molar-refractivity contribution in [1.82, 2.24) is 0 Å². The van der Waals surface area contributed by atoms with Crippen LogP contribution in [-0.2, 0) is 12.8 Å². The molecule has 0 saturated carbocycles. The Hall–Kier alpha value is -2.60. The van der Waals surface area contributed by atoms with Gasteiger partial charge < -0.3 is 14.8 Å². The summed E-state index contributed by atoms with van der Waals surface area (Å²) in [7, 11) is 0. The molecule has 25 heavy (non-hydrogen) atoms. The van der Waals surface area contributed by atoms with Gasteiger partial charge in [-0.2, -0.15) is 0 Å². The molecule has 1 aliphatic carbocycles. The molecule has 0 radical (unpaired) electrons. The average Bonchev–Trinajstić information content (AvgIpc) is 3.09. The van der Waals surface area contributed by atoms with E-state index in [2.05, 4.69) is 5.32 Å². The van der Waals surface area contributed by atoms with E-state index < -0.39 is 11.9 Å². The van der Waals surface area contributed by atoms with E-state index in [1.54, 1.807) is 12.1 Å². The molecule has 2 N–H and O–H groups in total. The van der Waals surface area contributed by atoms with Crippen molar-refractivity contribution < 1.29 is 19.1 Å². The van der Waals surface area contributed by atoms with Crippen LogP contribution in [0.1, 0.15) is 50.6 Å². The van der Waals surface area contributed by atoms with Crippen molar-refractivity contribution in [3.63, 3.8) is 0 Å². The maximum absolute atomic E-state index is 12.5. The van der Waals surface area contributed by atoms with E-state index in [9.17, 15) is 14.7 Å². The molecule has 6 heteroatoms. The normalized spacial score (nSPS) is 14.1. The number of furan rings is 1. The Morgan fingerprint density at radius 2 is 1.92 bits per heavy atom. The molecule has 4 rings (SSSR count). The number of carbonyl (C=O) groups is 2. The topological polar surface area (TPSA) is 79.5 Å². The zero-order chi connectivity index (χ0) is 17.4. The largest absolute Gasteiger partial charge is 0.478 e. The van der Waals surface area contributed by atoms with Crippen molar-refractivity contribution in [2.45, 2.75) is 32.1 Å². The number of rotatable bonds is 3. The summed E-state index contributed by atoms with van der Waals surface area (Å²) in [5.41, 5.74) is 1.76. The van der Waals surface area contributed by atoms with Crippen LogP contribution < -0.4 is 5.32 Å². The summed E-state index contributed by atoms with van der Waals surface area (Å²) in [5, 5.41) is 13.6. The van der Waals surface area contributed by atoms with Gasteiger partial charge in [-0.3, -0.25) is 4.79 Å². The lowest BCUT2D eigenvalue weighted by Gasteiger charge is -2.04. The van der Waals surface area contributed by atoms with Gasteiger partial charge in [0.25, 0.3) is 5.91 Å². The molecule has 2 heterocycles. The Balaban J connectivity index is 1.67. The predicted molar refractivity (Wildman–Crippen MR) is 96.7 cm³/mol. The van der Waals surface area contributed by atoms with Crippen LogP contribution in [0.3, 0.4) is 0 Å². The zero-order valence-corrected chi connectivity index (χ0v) is 14.3. The van der Waals surface area contributed by atoms with Crippen molar-refractivity contribution >= 4 is 39.2 Å². The van der Waals surface area contributed by atoms with Crippen molar-refractivity contribution in [3.05, 3.63) is 52.1 Å². The van der Waals surface area contributed by atoms with Gasteiger partial charge >= 0.3 is 5.97 Å². The Morgan fingerprint density at radius 3 is 2.72 bits per heavy atom. The number of aryl methyl sites for hydroxylation is 1. The highest BCUT2D eigenvalue weighted by atomic mass is 32.1. The number of para-hydroxylation sites is 1. The van der Waals surface area contributed by atoms with E-state index in [1.165, 1.54) is 11.3 Å². The lowest BCUT2D eigenvalue weighted by molar-refractivity contribution is 0.0697. The summed E-state index contributed by atoms with van der Waals surface area (Å²) in [6.07, 6.45) is 4.79. The number of carboxylic acids is 1. The standard InChI is InChI=1S/C19H17NO4S/c21-17(14-10-11-6-4-5-8-13(11)24-14)20-18-16(19(22)23)12-7-2-1-3-9-15(12)25-18/h4-6,8,10H,1-3,7,9H2,(H,20,21)(H,22,23). The Kier molecular flexibility index (Phi) is 4.05. The fraction of sp³-hybridized carbons (Fsp3) is 0.263. The number of anilines is 1. The number of nitrogens with one attached hydrogen (secondary N) is 1. The minimum Gasteiger partial charge on any atom is -0.478 e. The van der Waals surface area contributed by atoms with Crippen molar-refractivity contribution in [3.8, 4) is 0 Å². The van der Waals surface area contributed by atoms with Gasteiger partial charge in [-0.15, -0.1) is 11.3 Å². The maximum Gasteiger partial charge on any atom is 0.339 e. The molecule has 1 amide bonds. The highest BCUT2D eigenvalue weighted by Crippen LogP contribution is 2.37. The van der Waals surface area contributed by atoms with Crippen LogP contribution in [-0.4, -0.2) is 17.0 Å². The minimum absolute atomic E-state index is 0.182. The zero-order valence-electron chi connectivity index (χ0n) is 13.5. The second kappa shape index (κ2) is 6.37. The number of benzene rings is 1. The summed E-state index contributed by atoms with van der Waals surface area (Å²) < 4.78 is 5.57. The van der Waals surface area contributed by atoms with Gasteiger partial charge in [0, 0.05) is 10.3 Å². The molecular formula is C19H17NO4S. The SMILES string of the molecule is O=C(Nc1sc2c(c1C(=O)O)CCCCC2)c1cc2ccccc2o1. The highest BCUT2D eigenvalue weighted by Gasteiger charge is 2.26. The Labute approximate surface area is 148 Å². The Morgan fingerprint density at radius 1 is 1.12 bits per heavy atom. The average molecular weight is 355 g/mol. The number of fused-ring (bicyclic) bond motifs is 2. The monoisotopic (exact) mass is 355 g/mol. The van der Waals surface area contributed by atoms with Crippen molar-refractivity contribution in [2.24, 2.45) is 0 Å². The first-order valence-corrected chi connectivity index (χ1v) is 9.13. The lowest BCUT2D eigenvalue weighted by atomic mass is 10.1. The van der Waals surface area contributed by atoms with E-state index >= 15 is 0 Å². The molecule has 1 aliphatic rings. The first-order chi connectivity index (χ1) is 12.1. The van der Waals surface area contributed by atoms with E-state index in [0.717, 1.165) is 47.9 Å². The van der Waals surface area contributed by atoms with Crippen molar-refractivity contribution in [2.75, 3.05) is 5.32 Å². The third-order valence-corrected chi connectivity index (χ3v) is 5.72. The number of hydrogen-bond acceptors (Lipinski definition) is 4. The number of carboxylic acid groups (broad SMARTS) is 1. The molecule has 0 fully saturated rings. The summed E-state index contributed by atoms with van der Waals surface area (Å²) in [4.78, 5) is 25.4. The maximum atomic E-state index is 12.5. The number of hydrogen-bond donors (Lipinski definition) is 2. The number of carbonyl (C=O) groups excluding carboxylic acids is 1. The highest BCUT2D eigenvalue weighted by molar-refractivity contribution is 7.17. The molecule has 128 valence electrons. The summed E-state index contributed by atoms with van der Waals surface area (Å²) in [6, 6.07) is 9.04. The van der Waals surface area contributed by atoms with Crippen LogP contribution in [0.25, 0.3) is 11.0 Å². The minimum atomic E-state index is -0.987. The van der Waals surface area contributed by atoms with E-state index in [1.807, 2.05) is 18.2 Å². The first-order valence-electron chi connectivity index (χ1n) is 8.31. The second-order valence-electron chi connectivity index (χ2n) is 6.18. The van der Waals surface area contributed by atoms with Gasteiger partial charge in [-0.25, -0.2) is 4.79 Å². The van der Waals surface area contributed by atoms with Gasteiger partial charge in [0.15, 0.2) is 5.76 Å². The third-order valence-electron chi connectivity index (χ3n) is 4.51. The van der Waals surface area contributed by atoms with Crippen LogP contribution in [0.4, 0.5) is 5.00 Å². The molecule has 0 atom stereocenters. The number of amides is 1. The molecule has 0 unspecified atom stereocenters. The first kappa shape index (κ1) is 15.9. The third kappa shape index (κ3) is 2.93. The fourth-order valence-corrected chi connectivity index (χ4v) is 4.59. The molecule has 2 aromatic heterocycles. The Bertz CT molecular complexity index is 936. The molecule has 1 aromatic carbocycles. The van der Waals surface area contributed by atoms with Crippen LogP contribution >= 0.6 is 11.3 Å². The molecular weight excluding hydrogens is 338 g/mol. The molecule has 5 nitrogen and oxygen atoms in total. The van der Waals surface area contributed by atoms with E-state index in [-0.39, 0.29) is 11.3 Å². The van der Waals surface area contributed by atoms with Gasteiger partial charge in [-0.1, -0.05) is 24.6 Å². The number of thiophene rings is 1. The van der Waals surface area contributed by atoms with Gasteiger partial charge in [0.2, 0.25) is 0 Å². The van der Waals surface area contributed by atoms with Crippen LogP contribution in [0.15, 0.2) is 34.7 Å². The van der Waals surface area contributed by atoms with Crippen molar-refractivity contribution in [1.29, 1.82) is 0 Å². The quantitative estimate of drug-likeness (QED) is 0.667. The number of aromatic carboxylic acids is 1. The summed E-state index contributed by atoms with van der Waals surface area (Å²) >= 11 is 1.38. The van der Waals surface area contributed by atoms with Crippen LogP contribution in [0.5, 0.6) is 0 Å². The van der Waals surface area contributed by atoms with Gasteiger partial charge in [0.1, 0.15) is 10.6 Å². The van der Waals surface area contributed by atoms with Gasteiger partial charge in [0.05, 0.1) is 5.56 Å². The lowest BCUT2D eigenvalue weighted by Crippen LogP contribution is -2.13. The van der Waals surface area contributed by atoms with E-state index in [0.29, 0.717) is 10.6 Å². The molecule has 0 aliphatic heterocycles. The molecule has 0 bridgehead atoms. The fourth-order valence-electron chi connectivity index (χ4n) is 3.32. The summed E-state index contributed by atoms with van der Waals surface area (Å²) in [6.45, 7) is 0. The molecule has 0 saturated heterocycles. The van der Waals surface area contributed by atoms with Gasteiger partial charge in [-0.05, 0) is 43.4 Å². The van der Waals surface area contributed by atoms with E-state index in [4.69, 9.17) is 4.42 Å². The smallest absolute Gasteiger partial charge is 0.339 e. The molecule has 3 aromatic rings. The van der Waals surface area contributed by atoms with Crippen LogP contribution in [0, 0.1) is 0 Å². The van der Waals surface area contributed by atoms with Crippen LogP contribution in [0.2, 0.25) is 0 Å². The second-order valence-corrected chi connectivity index (χ2v) is 7.28. The predicted octanol–water partition coefficient (Wildman–Crippen LogP) is 4.71.